The smallest absolute Gasteiger partial charge is 0.311 e. The molecule has 6 nitrogen and oxygen atoms in total. The third kappa shape index (κ3) is 5.54. The van der Waals surface area contributed by atoms with Gasteiger partial charge in [0.1, 0.15) is 5.02 Å². The minimum Gasteiger partial charge on any atom is -0.425 e. The minimum atomic E-state index is -3.72. The normalized spacial score (nSPS) is 11.5. The number of ether oxygens (including phenoxy) is 1. The molecule has 0 atom stereocenters. The van der Waals surface area contributed by atoms with Crippen LogP contribution >= 0.6 is 23.2 Å². The number of esters is 1. The van der Waals surface area contributed by atoms with Crippen LogP contribution in [-0.2, 0) is 14.8 Å². The third-order valence-corrected chi connectivity index (χ3v) is 6.64. The number of carbonyl (C=O) groups is 2. The van der Waals surface area contributed by atoms with Gasteiger partial charge < -0.3 is 4.74 Å². The van der Waals surface area contributed by atoms with Gasteiger partial charge in [-0.15, -0.1) is 0 Å². The van der Waals surface area contributed by atoms with E-state index in [0.29, 0.717) is 5.56 Å². The molecule has 0 spiro atoms. The fraction of sp³-hybridized carbons (Fsp3) is 0.263. The first kappa shape index (κ1) is 22.4. The first-order chi connectivity index (χ1) is 13.1. The van der Waals surface area contributed by atoms with E-state index in [-0.39, 0.29) is 45.9 Å². The van der Waals surface area contributed by atoms with Crippen molar-refractivity contribution in [2.24, 2.45) is 0 Å². The van der Waals surface area contributed by atoms with E-state index in [4.69, 9.17) is 27.9 Å². The lowest BCUT2D eigenvalue weighted by molar-refractivity contribution is -0.134. The number of Topliss-reactive ketones (excluding diaryl/α,β-unsaturated/α-hetero) is 1. The number of benzene rings is 2. The Kier molecular flexibility index (Phi) is 7.60. The topological polar surface area (TPSA) is 80.8 Å². The Morgan fingerprint density at radius 2 is 1.71 bits per heavy atom. The molecule has 28 heavy (non-hydrogen) atoms. The van der Waals surface area contributed by atoms with Gasteiger partial charge in [-0.05, 0) is 37.6 Å². The standard InChI is InChI=1S/C19H19Cl2NO5S/c1-13(23)14-8-10-15(11-9-14)28(25,26)22(2)12-4-7-18(24)27-17-6-3-5-16(20)19(17)21/h3,5-6,8-11H,4,7,12H2,1-2H3. The lowest BCUT2D eigenvalue weighted by atomic mass is 10.2. The van der Waals surface area contributed by atoms with Gasteiger partial charge in [0, 0.05) is 25.6 Å². The number of hydrogen-bond donors (Lipinski definition) is 0. The monoisotopic (exact) mass is 443 g/mol. The van der Waals surface area contributed by atoms with Crippen molar-refractivity contribution in [2.75, 3.05) is 13.6 Å². The predicted molar refractivity (Wildman–Crippen MR) is 108 cm³/mol. The summed E-state index contributed by atoms with van der Waals surface area (Å²) in [6.07, 6.45) is 0.268. The summed E-state index contributed by atoms with van der Waals surface area (Å²) >= 11 is 11.8. The number of ketones is 1. The molecule has 2 aromatic rings. The van der Waals surface area contributed by atoms with E-state index in [1.807, 2.05) is 0 Å². The highest BCUT2D eigenvalue weighted by molar-refractivity contribution is 7.89. The van der Waals surface area contributed by atoms with Crippen LogP contribution in [0.2, 0.25) is 10.0 Å². The summed E-state index contributed by atoms with van der Waals surface area (Å²) in [5.74, 6) is -0.526. The zero-order chi connectivity index (χ0) is 20.9. The molecule has 0 bridgehead atoms. The van der Waals surface area contributed by atoms with E-state index in [2.05, 4.69) is 0 Å². The maximum Gasteiger partial charge on any atom is 0.311 e. The first-order valence-electron chi connectivity index (χ1n) is 8.35. The van der Waals surface area contributed by atoms with Crippen LogP contribution in [-0.4, -0.2) is 38.1 Å². The molecule has 0 heterocycles. The van der Waals surface area contributed by atoms with Crippen LogP contribution < -0.4 is 4.74 Å². The van der Waals surface area contributed by atoms with E-state index < -0.39 is 16.0 Å². The Balaban J connectivity index is 1.91. The fourth-order valence-electron chi connectivity index (χ4n) is 2.34. The molecular formula is C19H19Cl2NO5S. The maximum absolute atomic E-state index is 12.6. The molecule has 2 aromatic carbocycles. The van der Waals surface area contributed by atoms with Crippen molar-refractivity contribution in [1.82, 2.24) is 4.31 Å². The predicted octanol–water partition coefficient (Wildman–Crippen LogP) is 4.20. The van der Waals surface area contributed by atoms with Crippen LogP contribution in [0, 0.1) is 0 Å². The van der Waals surface area contributed by atoms with Crippen molar-refractivity contribution < 1.29 is 22.7 Å². The van der Waals surface area contributed by atoms with Gasteiger partial charge in [0.25, 0.3) is 0 Å². The first-order valence-corrected chi connectivity index (χ1v) is 10.5. The van der Waals surface area contributed by atoms with Crippen molar-refractivity contribution in [3.05, 3.63) is 58.1 Å². The molecule has 0 aliphatic carbocycles. The van der Waals surface area contributed by atoms with Gasteiger partial charge in [-0.2, -0.15) is 0 Å². The van der Waals surface area contributed by atoms with Gasteiger partial charge in [-0.1, -0.05) is 41.4 Å². The summed E-state index contributed by atoms with van der Waals surface area (Å²) in [5, 5.41) is 0.416. The highest BCUT2D eigenvalue weighted by atomic mass is 35.5. The lowest BCUT2D eigenvalue weighted by Crippen LogP contribution is -2.28. The van der Waals surface area contributed by atoms with Crippen LogP contribution in [0.15, 0.2) is 47.4 Å². The SMILES string of the molecule is CC(=O)c1ccc(S(=O)(=O)N(C)CCCC(=O)Oc2cccc(Cl)c2Cl)cc1. The van der Waals surface area contributed by atoms with Crippen molar-refractivity contribution in [2.45, 2.75) is 24.7 Å². The van der Waals surface area contributed by atoms with Crippen molar-refractivity contribution in [3.8, 4) is 5.75 Å². The van der Waals surface area contributed by atoms with E-state index in [1.54, 1.807) is 12.1 Å². The summed E-state index contributed by atoms with van der Waals surface area (Å²) in [7, 11) is -2.30. The molecule has 9 heteroatoms. The van der Waals surface area contributed by atoms with Crippen molar-refractivity contribution in [1.29, 1.82) is 0 Å². The maximum atomic E-state index is 12.6. The van der Waals surface area contributed by atoms with Crippen LogP contribution in [0.5, 0.6) is 5.75 Å². The van der Waals surface area contributed by atoms with E-state index >= 15 is 0 Å². The number of carbonyl (C=O) groups excluding carboxylic acids is 2. The van der Waals surface area contributed by atoms with Gasteiger partial charge in [0.2, 0.25) is 10.0 Å². The Morgan fingerprint density at radius 1 is 1.07 bits per heavy atom. The third-order valence-electron chi connectivity index (χ3n) is 3.96. The number of halogens is 2. The number of rotatable bonds is 8. The van der Waals surface area contributed by atoms with Gasteiger partial charge in [-0.3, -0.25) is 9.59 Å². The Labute approximate surface area is 174 Å². The fourth-order valence-corrected chi connectivity index (χ4v) is 3.88. The molecule has 0 amide bonds. The molecule has 0 N–H and O–H groups in total. The molecule has 2 rings (SSSR count). The molecule has 0 aliphatic heterocycles. The summed E-state index contributed by atoms with van der Waals surface area (Å²) in [6.45, 7) is 1.53. The minimum absolute atomic E-state index is 0.00593. The average molecular weight is 444 g/mol. The quantitative estimate of drug-likeness (QED) is 0.346. The molecule has 0 radical (unpaired) electrons. The number of nitrogens with zero attached hydrogens (tertiary/aromatic N) is 1. The van der Waals surface area contributed by atoms with Gasteiger partial charge in [0.15, 0.2) is 11.5 Å². The molecule has 0 fully saturated rings. The van der Waals surface area contributed by atoms with Crippen LogP contribution in [0.4, 0.5) is 0 Å². The highest BCUT2D eigenvalue weighted by Gasteiger charge is 2.21. The van der Waals surface area contributed by atoms with E-state index in [0.717, 1.165) is 4.31 Å². The molecule has 0 unspecified atom stereocenters. The molecular weight excluding hydrogens is 425 g/mol. The summed E-state index contributed by atoms with van der Waals surface area (Å²) < 4.78 is 31.4. The highest BCUT2D eigenvalue weighted by Crippen LogP contribution is 2.31. The van der Waals surface area contributed by atoms with Crippen LogP contribution in [0.1, 0.15) is 30.1 Å². The molecule has 0 saturated heterocycles. The van der Waals surface area contributed by atoms with Crippen LogP contribution in [0.25, 0.3) is 0 Å². The molecule has 0 aliphatic rings. The number of sulfonamides is 1. The second kappa shape index (κ2) is 9.52. The Hall–Kier alpha value is -1.93. The number of hydrogen-bond acceptors (Lipinski definition) is 5. The van der Waals surface area contributed by atoms with Gasteiger partial charge in [-0.25, -0.2) is 12.7 Å². The van der Waals surface area contributed by atoms with Gasteiger partial charge >= 0.3 is 5.97 Å². The summed E-state index contributed by atoms with van der Waals surface area (Å²) in [4.78, 5) is 23.3. The Morgan fingerprint density at radius 3 is 2.32 bits per heavy atom. The average Bonchev–Trinajstić information content (AvgIpc) is 2.65. The molecule has 0 aromatic heterocycles. The van der Waals surface area contributed by atoms with Crippen molar-refractivity contribution >= 4 is 45.0 Å². The molecule has 0 saturated carbocycles. The van der Waals surface area contributed by atoms with Crippen LogP contribution in [0.3, 0.4) is 0 Å². The van der Waals surface area contributed by atoms with E-state index in [9.17, 15) is 18.0 Å². The summed E-state index contributed by atoms with van der Waals surface area (Å²) in [6, 6.07) is 10.4. The van der Waals surface area contributed by atoms with Gasteiger partial charge in [0.05, 0.1) is 9.92 Å². The van der Waals surface area contributed by atoms with E-state index in [1.165, 1.54) is 44.3 Å². The lowest BCUT2D eigenvalue weighted by Gasteiger charge is -2.17. The molecule has 150 valence electrons. The zero-order valence-corrected chi connectivity index (χ0v) is 17.6. The van der Waals surface area contributed by atoms with Crippen molar-refractivity contribution in [3.63, 3.8) is 0 Å². The largest absolute Gasteiger partial charge is 0.425 e. The zero-order valence-electron chi connectivity index (χ0n) is 15.3. The Bertz CT molecular complexity index is 974. The second-order valence-electron chi connectivity index (χ2n) is 6.04. The summed E-state index contributed by atoms with van der Waals surface area (Å²) in [5.41, 5.74) is 0.434. The second-order valence-corrected chi connectivity index (χ2v) is 8.87.